The van der Waals surface area contributed by atoms with Crippen LogP contribution in [0, 0.1) is 0 Å². The molecule has 1 saturated heterocycles. The Labute approximate surface area is 164 Å². The van der Waals surface area contributed by atoms with Crippen molar-refractivity contribution in [2.45, 2.75) is 0 Å². The molecule has 1 aliphatic rings. The summed E-state index contributed by atoms with van der Waals surface area (Å²) in [5.41, 5.74) is 5.69. The standard InChI is InChI=1S/C21H25N5S/c1-25(2)18-9-5-17(6-10-18)23-21-24-20(15-27-21)16-3-7-19(8-4-16)26-13-11-22-12-14-26/h3-10,15,22H,11-14H2,1-2H3,(H,23,24). The van der Waals surface area contributed by atoms with Crippen LogP contribution in [0.5, 0.6) is 0 Å². The average molecular weight is 380 g/mol. The zero-order chi connectivity index (χ0) is 18.6. The molecule has 0 unspecified atom stereocenters. The minimum atomic E-state index is 0.911. The molecule has 0 bridgehead atoms. The van der Waals surface area contributed by atoms with Crippen molar-refractivity contribution >= 4 is 33.5 Å². The predicted molar refractivity (Wildman–Crippen MR) is 117 cm³/mol. The fourth-order valence-corrected chi connectivity index (χ4v) is 3.94. The van der Waals surface area contributed by atoms with E-state index < -0.39 is 0 Å². The Bertz CT molecular complexity index is 864. The van der Waals surface area contributed by atoms with E-state index in [1.165, 1.54) is 11.4 Å². The zero-order valence-corrected chi connectivity index (χ0v) is 16.6. The Morgan fingerprint density at radius 1 is 1.00 bits per heavy atom. The van der Waals surface area contributed by atoms with Gasteiger partial charge in [-0.2, -0.15) is 0 Å². The highest BCUT2D eigenvalue weighted by Gasteiger charge is 2.11. The van der Waals surface area contributed by atoms with Crippen LogP contribution in [0.2, 0.25) is 0 Å². The van der Waals surface area contributed by atoms with Crippen molar-refractivity contribution in [2.75, 3.05) is 55.4 Å². The lowest BCUT2D eigenvalue weighted by Gasteiger charge is -2.29. The van der Waals surface area contributed by atoms with Crippen molar-refractivity contribution in [1.29, 1.82) is 0 Å². The molecule has 0 amide bonds. The number of piperazine rings is 1. The van der Waals surface area contributed by atoms with Crippen molar-refractivity contribution in [3.8, 4) is 11.3 Å². The van der Waals surface area contributed by atoms with Crippen LogP contribution in [-0.2, 0) is 0 Å². The summed E-state index contributed by atoms with van der Waals surface area (Å²) in [7, 11) is 4.09. The molecule has 3 aromatic rings. The van der Waals surface area contributed by atoms with Gasteiger partial charge in [0.15, 0.2) is 5.13 Å². The third kappa shape index (κ3) is 4.23. The number of nitrogens with one attached hydrogen (secondary N) is 2. The quantitative estimate of drug-likeness (QED) is 0.701. The van der Waals surface area contributed by atoms with E-state index >= 15 is 0 Å². The predicted octanol–water partition coefficient (Wildman–Crippen LogP) is 4.03. The van der Waals surface area contributed by atoms with Gasteiger partial charge in [-0.3, -0.25) is 0 Å². The molecule has 0 aliphatic carbocycles. The van der Waals surface area contributed by atoms with Gasteiger partial charge in [0.2, 0.25) is 0 Å². The lowest BCUT2D eigenvalue weighted by molar-refractivity contribution is 0.589. The third-order valence-electron chi connectivity index (χ3n) is 4.78. The van der Waals surface area contributed by atoms with E-state index in [2.05, 4.69) is 74.3 Å². The summed E-state index contributed by atoms with van der Waals surface area (Å²) in [5, 5.41) is 9.81. The van der Waals surface area contributed by atoms with Crippen LogP contribution in [-0.4, -0.2) is 45.3 Å². The Kier molecular flexibility index (Phi) is 5.27. The van der Waals surface area contributed by atoms with E-state index in [0.29, 0.717) is 0 Å². The molecule has 2 aromatic carbocycles. The monoisotopic (exact) mass is 379 g/mol. The molecule has 5 nitrogen and oxygen atoms in total. The van der Waals surface area contributed by atoms with E-state index in [4.69, 9.17) is 4.98 Å². The van der Waals surface area contributed by atoms with E-state index in [1.807, 2.05) is 14.1 Å². The number of benzene rings is 2. The number of hydrogen-bond donors (Lipinski definition) is 2. The molecule has 2 N–H and O–H groups in total. The van der Waals surface area contributed by atoms with Gasteiger partial charge in [-0.15, -0.1) is 11.3 Å². The van der Waals surface area contributed by atoms with Gasteiger partial charge in [0.05, 0.1) is 5.69 Å². The molecular weight excluding hydrogens is 354 g/mol. The fraction of sp³-hybridized carbons (Fsp3) is 0.286. The van der Waals surface area contributed by atoms with Crippen molar-refractivity contribution < 1.29 is 0 Å². The highest BCUT2D eigenvalue weighted by atomic mass is 32.1. The van der Waals surface area contributed by atoms with Gasteiger partial charge in [0, 0.05) is 68.3 Å². The Morgan fingerprint density at radius 2 is 1.70 bits per heavy atom. The molecule has 0 spiro atoms. The van der Waals surface area contributed by atoms with Crippen molar-refractivity contribution in [3.63, 3.8) is 0 Å². The second kappa shape index (κ2) is 7.98. The Morgan fingerprint density at radius 3 is 2.37 bits per heavy atom. The lowest BCUT2D eigenvalue weighted by Crippen LogP contribution is -2.43. The fourth-order valence-electron chi connectivity index (χ4n) is 3.20. The molecule has 4 rings (SSSR count). The number of thiazole rings is 1. The lowest BCUT2D eigenvalue weighted by atomic mass is 10.1. The molecule has 1 aliphatic heterocycles. The Hall–Kier alpha value is -2.57. The molecule has 0 radical (unpaired) electrons. The maximum Gasteiger partial charge on any atom is 0.187 e. The van der Waals surface area contributed by atoms with Crippen molar-refractivity contribution in [3.05, 3.63) is 53.9 Å². The summed E-state index contributed by atoms with van der Waals surface area (Å²) in [4.78, 5) is 9.26. The largest absolute Gasteiger partial charge is 0.378 e. The van der Waals surface area contributed by atoms with E-state index in [1.54, 1.807) is 11.3 Å². The third-order valence-corrected chi connectivity index (χ3v) is 5.54. The number of hydrogen-bond acceptors (Lipinski definition) is 6. The molecule has 27 heavy (non-hydrogen) atoms. The first kappa shape index (κ1) is 17.8. The normalized spacial score (nSPS) is 14.2. The van der Waals surface area contributed by atoms with Gasteiger partial charge >= 0.3 is 0 Å². The van der Waals surface area contributed by atoms with Crippen LogP contribution in [0.15, 0.2) is 53.9 Å². The van der Waals surface area contributed by atoms with Crippen LogP contribution in [0.4, 0.5) is 22.2 Å². The van der Waals surface area contributed by atoms with Gasteiger partial charge in [-0.25, -0.2) is 4.98 Å². The van der Waals surface area contributed by atoms with E-state index in [0.717, 1.165) is 48.3 Å². The first-order valence-corrected chi connectivity index (χ1v) is 10.1. The van der Waals surface area contributed by atoms with Crippen LogP contribution >= 0.6 is 11.3 Å². The molecule has 2 heterocycles. The van der Waals surface area contributed by atoms with E-state index in [-0.39, 0.29) is 0 Å². The molecule has 6 heteroatoms. The van der Waals surface area contributed by atoms with Crippen LogP contribution < -0.4 is 20.4 Å². The molecule has 0 atom stereocenters. The molecule has 1 aromatic heterocycles. The van der Waals surface area contributed by atoms with Gasteiger partial charge in [0.1, 0.15) is 0 Å². The van der Waals surface area contributed by atoms with Gasteiger partial charge in [0.25, 0.3) is 0 Å². The van der Waals surface area contributed by atoms with E-state index in [9.17, 15) is 0 Å². The van der Waals surface area contributed by atoms with Gasteiger partial charge in [-0.1, -0.05) is 12.1 Å². The molecular formula is C21H25N5S. The number of aromatic nitrogens is 1. The maximum atomic E-state index is 4.75. The molecule has 1 fully saturated rings. The first-order chi connectivity index (χ1) is 13.2. The first-order valence-electron chi connectivity index (χ1n) is 9.25. The highest BCUT2D eigenvalue weighted by molar-refractivity contribution is 7.14. The van der Waals surface area contributed by atoms with Gasteiger partial charge < -0.3 is 20.4 Å². The number of nitrogens with zero attached hydrogens (tertiary/aromatic N) is 3. The number of rotatable bonds is 5. The number of anilines is 4. The van der Waals surface area contributed by atoms with Crippen LogP contribution in [0.1, 0.15) is 0 Å². The Balaban J connectivity index is 1.44. The topological polar surface area (TPSA) is 43.4 Å². The zero-order valence-electron chi connectivity index (χ0n) is 15.8. The summed E-state index contributed by atoms with van der Waals surface area (Å²) < 4.78 is 0. The second-order valence-corrected chi connectivity index (χ2v) is 7.75. The second-order valence-electron chi connectivity index (χ2n) is 6.89. The van der Waals surface area contributed by atoms with Crippen LogP contribution in [0.3, 0.4) is 0 Å². The summed E-state index contributed by atoms with van der Waals surface area (Å²) in [5.74, 6) is 0. The molecule has 140 valence electrons. The average Bonchev–Trinajstić information content (AvgIpc) is 3.18. The van der Waals surface area contributed by atoms with Crippen molar-refractivity contribution in [1.82, 2.24) is 10.3 Å². The summed E-state index contributed by atoms with van der Waals surface area (Å²) >= 11 is 1.63. The SMILES string of the molecule is CN(C)c1ccc(Nc2nc(-c3ccc(N4CCNCC4)cc3)cs2)cc1. The minimum Gasteiger partial charge on any atom is -0.378 e. The van der Waals surface area contributed by atoms with Gasteiger partial charge in [-0.05, 0) is 36.4 Å². The maximum absolute atomic E-state index is 4.75. The molecule has 0 saturated carbocycles. The minimum absolute atomic E-state index is 0.911. The highest BCUT2D eigenvalue weighted by Crippen LogP contribution is 2.29. The summed E-state index contributed by atoms with van der Waals surface area (Å²) in [6.45, 7) is 4.24. The van der Waals surface area contributed by atoms with Crippen LogP contribution in [0.25, 0.3) is 11.3 Å². The summed E-state index contributed by atoms with van der Waals surface area (Å²) in [6.07, 6.45) is 0. The smallest absolute Gasteiger partial charge is 0.187 e. The summed E-state index contributed by atoms with van der Waals surface area (Å²) in [6, 6.07) is 17.1. The van der Waals surface area contributed by atoms with Crippen molar-refractivity contribution in [2.24, 2.45) is 0 Å².